The summed E-state index contributed by atoms with van der Waals surface area (Å²) in [5.41, 5.74) is 8.51. The molecule has 0 saturated heterocycles. The number of hydrogen-bond donors (Lipinski definition) is 2. The molecule has 1 aromatic carbocycles. The lowest BCUT2D eigenvalue weighted by molar-refractivity contribution is 0.444. The Labute approximate surface area is 98.2 Å². The quantitative estimate of drug-likeness (QED) is 0.815. The van der Waals surface area contributed by atoms with E-state index in [4.69, 9.17) is 5.73 Å². The summed E-state index contributed by atoms with van der Waals surface area (Å²) in [5.74, 6) is 0. The summed E-state index contributed by atoms with van der Waals surface area (Å²) in [6.07, 6.45) is 5.34. The van der Waals surface area contributed by atoms with Gasteiger partial charge >= 0.3 is 0 Å². The first kappa shape index (κ1) is 11.6. The fourth-order valence-electron chi connectivity index (χ4n) is 2.56. The molecular formula is C14H22N2. The second kappa shape index (κ2) is 5.46. The van der Waals surface area contributed by atoms with Crippen molar-refractivity contribution in [3.63, 3.8) is 0 Å². The minimum Gasteiger partial charge on any atom is -0.329 e. The monoisotopic (exact) mass is 218 g/mol. The van der Waals surface area contributed by atoms with Gasteiger partial charge in [-0.1, -0.05) is 42.7 Å². The summed E-state index contributed by atoms with van der Waals surface area (Å²) in [7, 11) is 0. The molecule has 1 atom stereocenters. The highest BCUT2D eigenvalue weighted by molar-refractivity contribution is 5.25. The van der Waals surface area contributed by atoms with Crippen LogP contribution < -0.4 is 11.1 Å². The molecule has 1 unspecified atom stereocenters. The van der Waals surface area contributed by atoms with Crippen LogP contribution in [0.25, 0.3) is 0 Å². The average Bonchev–Trinajstić information content (AvgIpc) is 2.78. The molecule has 0 radical (unpaired) electrons. The van der Waals surface area contributed by atoms with Gasteiger partial charge in [0.1, 0.15) is 0 Å². The van der Waals surface area contributed by atoms with Crippen molar-refractivity contribution in [2.24, 2.45) is 5.73 Å². The van der Waals surface area contributed by atoms with Crippen LogP contribution in [0.2, 0.25) is 0 Å². The molecule has 1 aliphatic carbocycles. The second-order valence-electron chi connectivity index (χ2n) is 4.85. The molecule has 0 aliphatic heterocycles. The zero-order valence-electron chi connectivity index (χ0n) is 10.1. The molecule has 2 rings (SSSR count). The largest absolute Gasteiger partial charge is 0.329 e. The number of nitrogens with one attached hydrogen (secondary N) is 1. The van der Waals surface area contributed by atoms with E-state index < -0.39 is 0 Å². The van der Waals surface area contributed by atoms with Crippen molar-refractivity contribution in [3.8, 4) is 0 Å². The van der Waals surface area contributed by atoms with Crippen LogP contribution in [0.15, 0.2) is 24.3 Å². The number of hydrogen-bond acceptors (Lipinski definition) is 2. The van der Waals surface area contributed by atoms with Crippen molar-refractivity contribution in [1.29, 1.82) is 0 Å². The van der Waals surface area contributed by atoms with Gasteiger partial charge < -0.3 is 11.1 Å². The van der Waals surface area contributed by atoms with Crippen LogP contribution in [0.5, 0.6) is 0 Å². The third-order valence-corrected chi connectivity index (χ3v) is 3.47. The lowest BCUT2D eigenvalue weighted by Crippen LogP contribution is -2.35. The molecule has 1 aromatic rings. The molecule has 1 aliphatic rings. The molecule has 3 N–H and O–H groups in total. The van der Waals surface area contributed by atoms with Crippen molar-refractivity contribution in [1.82, 2.24) is 5.32 Å². The number of rotatable bonds is 4. The molecule has 1 fully saturated rings. The summed E-state index contributed by atoms with van der Waals surface area (Å²) in [6, 6.07) is 9.65. The number of aryl methyl sites for hydroxylation is 1. The highest BCUT2D eigenvalue weighted by atomic mass is 15.0. The zero-order valence-corrected chi connectivity index (χ0v) is 10.1. The molecule has 88 valence electrons. The fourth-order valence-corrected chi connectivity index (χ4v) is 2.56. The summed E-state index contributed by atoms with van der Waals surface area (Å²) in [6.45, 7) is 2.81. The van der Waals surface area contributed by atoms with Crippen LogP contribution in [0.3, 0.4) is 0 Å². The van der Waals surface area contributed by atoms with Gasteiger partial charge in [0.15, 0.2) is 0 Å². The molecule has 0 spiro atoms. The van der Waals surface area contributed by atoms with Crippen molar-refractivity contribution in [2.45, 2.75) is 44.7 Å². The molecule has 1 saturated carbocycles. The first-order valence-electron chi connectivity index (χ1n) is 6.32. The van der Waals surface area contributed by atoms with Crippen LogP contribution in [0.4, 0.5) is 0 Å². The smallest absolute Gasteiger partial charge is 0.0446 e. The molecule has 0 aromatic heterocycles. The predicted molar refractivity (Wildman–Crippen MR) is 68.4 cm³/mol. The minimum atomic E-state index is 0.322. The van der Waals surface area contributed by atoms with Gasteiger partial charge in [0.05, 0.1) is 0 Å². The van der Waals surface area contributed by atoms with E-state index in [0.29, 0.717) is 18.6 Å². The highest BCUT2D eigenvalue weighted by Crippen LogP contribution is 2.22. The van der Waals surface area contributed by atoms with E-state index in [0.717, 1.165) is 0 Å². The Morgan fingerprint density at radius 1 is 1.38 bits per heavy atom. The van der Waals surface area contributed by atoms with E-state index in [2.05, 4.69) is 36.5 Å². The third kappa shape index (κ3) is 2.83. The van der Waals surface area contributed by atoms with Gasteiger partial charge in [-0.25, -0.2) is 0 Å². The predicted octanol–water partition coefficient (Wildman–Crippen LogP) is 2.53. The van der Waals surface area contributed by atoms with Crippen LogP contribution in [-0.4, -0.2) is 12.6 Å². The van der Waals surface area contributed by atoms with Gasteiger partial charge in [-0.15, -0.1) is 0 Å². The van der Waals surface area contributed by atoms with Crippen LogP contribution >= 0.6 is 0 Å². The maximum atomic E-state index is 5.87. The summed E-state index contributed by atoms with van der Waals surface area (Å²) < 4.78 is 0. The first-order chi connectivity index (χ1) is 7.79. The number of benzene rings is 1. The molecule has 0 amide bonds. The van der Waals surface area contributed by atoms with Gasteiger partial charge in [0, 0.05) is 18.6 Å². The van der Waals surface area contributed by atoms with E-state index in [9.17, 15) is 0 Å². The highest BCUT2D eigenvalue weighted by Gasteiger charge is 2.19. The van der Waals surface area contributed by atoms with Crippen LogP contribution in [0, 0.1) is 6.92 Å². The van der Waals surface area contributed by atoms with Gasteiger partial charge in [-0.05, 0) is 25.3 Å². The van der Waals surface area contributed by atoms with Gasteiger partial charge in [0.25, 0.3) is 0 Å². The summed E-state index contributed by atoms with van der Waals surface area (Å²) in [4.78, 5) is 0. The Hall–Kier alpha value is -0.860. The Bertz CT molecular complexity index is 329. The maximum absolute atomic E-state index is 5.87. The van der Waals surface area contributed by atoms with Crippen molar-refractivity contribution < 1.29 is 0 Å². The molecule has 2 heteroatoms. The average molecular weight is 218 g/mol. The number of nitrogens with two attached hydrogens (primary N) is 1. The van der Waals surface area contributed by atoms with Crippen LogP contribution in [-0.2, 0) is 0 Å². The standard InChI is InChI=1S/C14H22N2/c1-11-5-4-6-12(9-11)14(10-15)16-13-7-2-3-8-13/h4-6,9,13-14,16H,2-3,7-8,10,15H2,1H3. The molecule has 0 heterocycles. The van der Waals surface area contributed by atoms with E-state index in [-0.39, 0.29) is 0 Å². The van der Waals surface area contributed by atoms with E-state index in [1.54, 1.807) is 0 Å². The molecular weight excluding hydrogens is 196 g/mol. The lowest BCUT2D eigenvalue weighted by Gasteiger charge is -2.22. The second-order valence-corrected chi connectivity index (χ2v) is 4.85. The van der Waals surface area contributed by atoms with E-state index >= 15 is 0 Å². The fraction of sp³-hybridized carbons (Fsp3) is 0.571. The molecule has 2 nitrogen and oxygen atoms in total. The maximum Gasteiger partial charge on any atom is 0.0446 e. The van der Waals surface area contributed by atoms with Crippen molar-refractivity contribution in [2.75, 3.05) is 6.54 Å². The summed E-state index contributed by atoms with van der Waals surface area (Å²) >= 11 is 0. The normalized spacial score (nSPS) is 18.9. The van der Waals surface area contributed by atoms with E-state index in [1.807, 2.05) is 0 Å². The third-order valence-electron chi connectivity index (χ3n) is 3.47. The minimum absolute atomic E-state index is 0.322. The van der Waals surface area contributed by atoms with Crippen molar-refractivity contribution >= 4 is 0 Å². The lowest BCUT2D eigenvalue weighted by atomic mass is 10.0. The zero-order chi connectivity index (χ0) is 11.4. The Morgan fingerprint density at radius 3 is 2.75 bits per heavy atom. The first-order valence-corrected chi connectivity index (χ1v) is 6.32. The van der Waals surface area contributed by atoms with E-state index in [1.165, 1.54) is 36.8 Å². The van der Waals surface area contributed by atoms with Gasteiger partial charge in [0.2, 0.25) is 0 Å². The van der Waals surface area contributed by atoms with Crippen molar-refractivity contribution in [3.05, 3.63) is 35.4 Å². The van der Waals surface area contributed by atoms with Gasteiger partial charge in [-0.2, -0.15) is 0 Å². The Kier molecular flexibility index (Phi) is 3.97. The Morgan fingerprint density at radius 2 is 2.12 bits per heavy atom. The Balaban J connectivity index is 2.03. The van der Waals surface area contributed by atoms with Gasteiger partial charge in [-0.3, -0.25) is 0 Å². The topological polar surface area (TPSA) is 38.0 Å². The molecule has 16 heavy (non-hydrogen) atoms. The van der Waals surface area contributed by atoms with Crippen LogP contribution in [0.1, 0.15) is 42.9 Å². The summed E-state index contributed by atoms with van der Waals surface area (Å²) in [5, 5.41) is 3.68. The SMILES string of the molecule is Cc1cccc(C(CN)NC2CCCC2)c1. The molecule has 0 bridgehead atoms.